The van der Waals surface area contributed by atoms with Crippen molar-refractivity contribution in [2.45, 2.75) is 5.75 Å². The minimum Gasteiger partial charge on any atom is -0.310 e. The fraction of sp³-hybridized carbons (Fsp3) is 0.400. The molecular weight excluding hydrogens is 272 g/mol. The van der Waals surface area contributed by atoms with Crippen molar-refractivity contribution in [1.82, 2.24) is 15.3 Å². The van der Waals surface area contributed by atoms with Gasteiger partial charge in [-0.25, -0.2) is 4.98 Å². The molecule has 1 aliphatic heterocycles. The second-order valence-electron chi connectivity index (χ2n) is 3.50. The monoisotopic (exact) mass is 284 g/mol. The Labute approximate surface area is 112 Å². The molecule has 2 rings (SSSR count). The van der Waals surface area contributed by atoms with Crippen molar-refractivity contribution < 1.29 is 4.79 Å². The highest BCUT2D eigenvalue weighted by atomic mass is 32.2. The van der Waals surface area contributed by atoms with Crippen LogP contribution in [0.4, 0.5) is 0 Å². The summed E-state index contributed by atoms with van der Waals surface area (Å²) in [5.41, 5.74) is -0.196. The molecule has 2 heterocycles. The van der Waals surface area contributed by atoms with Crippen molar-refractivity contribution in [3.63, 3.8) is 0 Å². The largest absolute Gasteiger partial charge is 0.310 e. The molecule has 0 atom stereocenters. The molecule has 2 N–H and O–H groups in total. The lowest BCUT2D eigenvalue weighted by Gasteiger charge is -2.04. The smallest absolute Gasteiger partial charge is 0.276 e. The van der Waals surface area contributed by atoms with Crippen LogP contribution in [0.5, 0.6) is 0 Å². The van der Waals surface area contributed by atoms with Gasteiger partial charge in [-0.05, 0) is 6.26 Å². The van der Waals surface area contributed by atoms with E-state index in [-0.39, 0.29) is 11.3 Å². The van der Waals surface area contributed by atoms with Gasteiger partial charge < -0.3 is 4.98 Å². The molecule has 6 nitrogen and oxygen atoms in total. The number of aliphatic imine (C=N–C) groups is 1. The molecule has 96 valence electrons. The van der Waals surface area contributed by atoms with E-state index in [1.165, 1.54) is 29.6 Å². The highest BCUT2D eigenvalue weighted by molar-refractivity contribution is 8.14. The number of amides is 1. The lowest BCUT2D eigenvalue weighted by atomic mass is 10.4. The molecule has 1 aromatic heterocycles. The van der Waals surface area contributed by atoms with Gasteiger partial charge in [0.1, 0.15) is 11.5 Å². The van der Waals surface area contributed by atoms with Crippen molar-refractivity contribution in [2.75, 3.05) is 18.6 Å². The van der Waals surface area contributed by atoms with Crippen LogP contribution in [-0.4, -0.2) is 39.6 Å². The average Bonchev–Trinajstić information content (AvgIpc) is 2.81. The molecule has 8 heteroatoms. The molecule has 0 radical (unpaired) electrons. The van der Waals surface area contributed by atoms with Crippen LogP contribution in [0.3, 0.4) is 0 Å². The quantitative estimate of drug-likeness (QED) is 0.842. The number of nitrogens with one attached hydrogen (secondary N) is 2. The Balaban J connectivity index is 2.16. The third-order valence-corrected chi connectivity index (χ3v) is 3.56. The summed E-state index contributed by atoms with van der Waals surface area (Å²) in [7, 11) is 0. The molecule has 0 aliphatic carbocycles. The number of hydrogen-bond donors (Lipinski definition) is 2. The summed E-state index contributed by atoms with van der Waals surface area (Å²) in [5.74, 6) is 1.54. The second-order valence-corrected chi connectivity index (χ2v) is 5.45. The van der Waals surface area contributed by atoms with Gasteiger partial charge in [-0.2, -0.15) is 11.8 Å². The highest BCUT2D eigenvalue weighted by Gasteiger charge is 2.14. The van der Waals surface area contributed by atoms with Gasteiger partial charge in [-0.15, -0.1) is 0 Å². The minimum absolute atomic E-state index is 0.123. The third kappa shape index (κ3) is 3.36. The van der Waals surface area contributed by atoms with Crippen LogP contribution in [-0.2, 0) is 5.75 Å². The van der Waals surface area contributed by atoms with Gasteiger partial charge in [0.15, 0.2) is 5.17 Å². The summed E-state index contributed by atoms with van der Waals surface area (Å²) >= 11 is 3.01. The Morgan fingerprint density at radius 1 is 1.67 bits per heavy atom. The number of carbonyl (C=O) groups excluding carboxylic acids is 1. The first-order valence-corrected chi connectivity index (χ1v) is 7.65. The fourth-order valence-electron chi connectivity index (χ4n) is 1.40. The van der Waals surface area contributed by atoms with Crippen molar-refractivity contribution in [1.29, 1.82) is 0 Å². The van der Waals surface area contributed by atoms with Crippen LogP contribution in [0.1, 0.15) is 16.3 Å². The standard InChI is InChI=1S/C10H12N4O2S2/c1-17-5-7-12-6(4-8(15)13-7)9(16)14-10-11-2-3-18-10/h4H,2-3,5H2,1H3,(H,11,14,16)(H,12,13,15). The predicted molar refractivity (Wildman–Crippen MR) is 74.3 cm³/mol. The summed E-state index contributed by atoms with van der Waals surface area (Å²) < 4.78 is 0. The van der Waals surface area contributed by atoms with E-state index in [1.54, 1.807) is 0 Å². The zero-order valence-electron chi connectivity index (χ0n) is 9.73. The maximum absolute atomic E-state index is 11.9. The Bertz CT molecular complexity index is 541. The van der Waals surface area contributed by atoms with Gasteiger partial charge in [0.2, 0.25) is 0 Å². The highest BCUT2D eigenvalue weighted by Crippen LogP contribution is 2.09. The number of aromatic amines is 1. The molecule has 0 aromatic carbocycles. The van der Waals surface area contributed by atoms with Gasteiger partial charge in [0, 0.05) is 11.8 Å². The Kier molecular flexibility index (Phi) is 4.43. The summed E-state index contributed by atoms with van der Waals surface area (Å²) in [4.78, 5) is 34.1. The van der Waals surface area contributed by atoms with Crippen molar-refractivity contribution in [3.05, 3.63) is 27.9 Å². The van der Waals surface area contributed by atoms with Crippen LogP contribution in [0, 0.1) is 0 Å². The van der Waals surface area contributed by atoms with Gasteiger partial charge in [0.25, 0.3) is 11.5 Å². The lowest BCUT2D eigenvalue weighted by molar-refractivity contribution is 0.0972. The Morgan fingerprint density at radius 3 is 3.17 bits per heavy atom. The van der Waals surface area contributed by atoms with Crippen LogP contribution >= 0.6 is 23.5 Å². The number of thioether (sulfide) groups is 2. The van der Waals surface area contributed by atoms with E-state index >= 15 is 0 Å². The van der Waals surface area contributed by atoms with E-state index in [1.807, 2.05) is 6.26 Å². The van der Waals surface area contributed by atoms with Gasteiger partial charge in [-0.3, -0.25) is 19.9 Å². The number of amidine groups is 1. The molecule has 1 aliphatic rings. The molecule has 0 spiro atoms. The first-order valence-electron chi connectivity index (χ1n) is 5.27. The molecule has 0 saturated carbocycles. The summed E-state index contributed by atoms with van der Waals surface area (Å²) in [5, 5.41) is 3.23. The van der Waals surface area contributed by atoms with Gasteiger partial charge in [-0.1, -0.05) is 11.8 Å². The maximum atomic E-state index is 11.9. The first kappa shape index (κ1) is 13.2. The summed E-state index contributed by atoms with van der Waals surface area (Å²) in [6, 6.07) is 1.19. The zero-order chi connectivity index (χ0) is 13.0. The summed E-state index contributed by atoms with van der Waals surface area (Å²) in [6.45, 7) is 0.709. The Hall–Kier alpha value is -1.28. The summed E-state index contributed by atoms with van der Waals surface area (Å²) in [6.07, 6.45) is 1.90. The van der Waals surface area contributed by atoms with Crippen molar-refractivity contribution in [2.24, 2.45) is 4.99 Å². The van der Waals surface area contributed by atoms with Crippen LogP contribution in [0.2, 0.25) is 0 Å². The van der Waals surface area contributed by atoms with E-state index in [0.29, 0.717) is 23.3 Å². The van der Waals surface area contributed by atoms with E-state index in [2.05, 4.69) is 20.3 Å². The first-order chi connectivity index (χ1) is 8.69. The number of H-pyrrole nitrogens is 1. The molecule has 0 unspecified atom stereocenters. The minimum atomic E-state index is -0.392. The lowest BCUT2D eigenvalue weighted by Crippen LogP contribution is -2.30. The molecule has 0 fully saturated rings. The predicted octanol–water partition coefficient (Wildman–Crippen LogP) is 0.465. The van der Waals surface area contributed by atoms with E-state index < -0.39 is 5.91 Å². The van der Waals surface area contributed by atoms with Gasteiger partial charge in [0.05, 0.1) is 12.3 Å². The number of hydrogen-bond acceptors (Lipinski definition) is 6. The molecule has 0 bridgehead atoms. The Morgan fingerprint density at radius 2 is 2.50 bits per heavy atom. The molecule has 0 saturated heterocycles. The second kappa shape index (κ2) is 6.05. The number of rotatable bonds is 3. The number of aromatic nitrogens is 2. The third-order valence-electron chi connectivity index (χ3n) is 2.11. The fourth-order valence-corrected chi connectivity index (χ4v) is 2.53. The molecule has 18 heavy (non-hydrogen) atoms. The van der Waals surface area contributed by atoms with E-state index in [0.717, 1.165) is 5.75 Å². The molecule has 1 amide bonds. The maximum Gasteiger partial charge on any atom is 0.276 e. The van der Waals surface area contributed by atoms with Crippen LogP contribution in [0.25, 0.3) is 0 Å². The average molecular weight is 284 g/mol. The SMILES string of the molecule is CSCc1nc(C(=O)NC2=NCCS2)cc(=O)[nH]1. The number of carbonyl (C=O) groups is 1. The number of nitrogens with zero attached hydrogens (tertiary/aromatic N) is 2. The van der Waals surface area contributed by atoms with Crippen molar-refractivity contribution in [3.8, 4) is 0 Å². The van der Waals surface area contributed by atoms with E-state index in [4.69, 9.17) is 0 Å². The van der Waals surface area contributed by atoms with Crippen molar-refractivity contribution >= 4 is 34.6 Å². The van der Waals surface area contributed by atoms with Crippen LogP contribution < -0.4 is 10.9 Å². The van der Waals surface area contributed by atoms with Gasteiger partial charge >= 0.3 is 0 Å². The molecule has 1 aromatic rings. The normalized spacial score (nSPS) is 14.4. The topological polar surface area (TPSA) is 87.2 Å². The van der Waals surface area contributed by atoms with E-state index in [9.17, 15) is 9.59 Å². The zero-order valence-corrected chi connectivity index (χ0v) is 11.4. The molecular formula is C10H12N4O2S2. The van der Waals surface area contributed by atoms with Crippen LogP contribution in [0.15, 0.2) is 15.9 Å².